The van der Waals surface area contributed by atoms with Gasteiger partial charge in [-0.15, -0.1) is 0 Å². The maximum Gasteiger partial charge on any atom is 0.141 e. The quantitative estimate of drug-likeness (QED) is 0.390. The van der Waals surface area contributed by atoms with Gasteiger partial charge in [-0.05, 0) is 28.3 Å². The Morgan fingerprint density at radius 3 is 2.44 bits per heavy atom. The van der Waals surface area contributed by atoms with Crippen LogP contribution in [0.4, 0.5) is 0 Å². The average Bonchev–Trinajstić information content (AvgIpc) is 2.88. The molecule has 1 nitrogen and oxygen atoms in total. The first-order valence-electron chi connectivity index (χ1n) is 5.82. The van der Waals surface area contributed by atoms with Gasteiger partial charge < -0.3 is 4.42 Å². The number of fused-ring (bicyclic) bond motifs is 5. The zero-order valence-corrected chi connectivity index (χ0v) is 11.1. The lowest BCUT2D eigenvalue weighted by molar-refractivity contribution is 0.619. The van der Waals surface area contributed by atoms with Crippen molar-refractivity contribution in [3.63, 3.8) is 0 Å². The molecule has 18 heavy (non-hydrogen) atoms. The smallest absolute Gasteiger partial charge is 0.141 e. The lowest BCUT2D eigenvalue weighted by Gasteiger charge is -2.06. The van der Waals surface area contributed by atoms with Crippen molar-refractivity contribution in [2.45, 2.75) is 0 Å². The summed E-state index contributed by atoms with van der Waals surface area (Å²) in [5.41, 5.74) is 0.957. The van der Waals surface area contributed by atoms with Crippen molar-refractivity contribution < 1.29 is 4.42 Å². The molecule has 4 rings (SSSR count). The summed E-state index contributed by atoms with van der Waals surface area (Å²) in [6.45, 7) is 0. The topological polar surface area (TPSA) is 13.1 Å². The Kier molecular flexibility index (Phi) is 2.03. The summed E-state index contributed by atoms with van der Waals surface area (Å²) >= 11 is 3.65. The fourth-order valence-corrected chi connectivity index (χ4v) is 3.14. The monoisotopic (exact) mass is 296 g/mol. The highest BCUT2D eigenvalue weighted by Crippen LogP contribution is 2.35. The molecule has 1 aromatic heterocycles. The number of furan rings is 1. The van der Waals surface area contributed by atoms with Gasteiger partial charge in [0.15, 0.2) is 0 Å². The van der Waals surface area contributed by atoms with Crippen LogP contribution in [-0.4, -0.2) is 0 Å². The van der Waals surface area contributed by atoms with Gasteiger partial charge in [0.25, 0.3) is 0 Å². The predicted molar refractivity (Wildman–Crippen MR) is 78.9 cm³/mol. The molecule has 0 saturated heterocycles. The summed E-state index contributed by atoms with van der Waals surface area (Å²) in [7, 11) is 0. The van der Waals surface area contributed by atoms with Crippen LogP contribution >= 0.6 is 15.9 Å². The third-order valence-electron chi connectivity index (χ3n) is 3.41. The largest absolute Gasteiger partial charge is 0.464 e. The van der Waals surface area contributed by atoms with E-state index in [9.17, 15) is 0 Å². The number of rotatable bonds is 0. The van der Waals surface area contributed by atoms with Crippen molar-refractivity contribution >= 4 is 48.4 Å². The summed E-state index contributed by atoms with van der Waals surface area (Å²) in [4.78, 5) is 0. The summed E-state index contributed by atoms with van der Waals surface area (Å²) in [6.07, 6.45) is 1.74. The molecule has 4 aromatic rings. The van der Waals surface area contributed by atoms with Crippen molar-refractivity contribution in [2.24, 2.45) is 0 Å². The van der Waals surface area contributed by atoms with Crippen LogP contribution in [0.2, 0.25) is 0 Å². The predicted octanol–water partition coefficient (Wildman–Crippen LogP) is 5.50. The molecule has 0 radical (unpaired) electrons. The van der Waals surface area contributed by atoms with Crippen molar-refractivity contribution in [3.8, 4) is 0 Å². The molecular formula is C16H9BrO. The third-order valence-corrected chi connectivity index (χ3v) is 4.06. The highest BCUT2D eigenvalue weighted by molar-refractivity contribution is 9.10. The Labute approximate surface area is 112 Å². The van der Waals surface area contributed by atoms with Crippen LogP contribution in [0.15, 0.2) is 63.7 Å². The van der Waals surface area contributed by atoms with E-state index in [-0.39, 0.29) is 0 Å². The Balaban J connectivity index is 2.36. The minimum absolute atomic E-state index is 0.957. The molecule has 0 amide bonds. The Hall–Kier alpha value is -1.80. The van der Waals surface area contributed by atoms with Crippen molar-refractivity contribution in [1.29, 1.82) is 0 Å². The Morgan fingerprint density at radius 2 is 1.56 bits per heavy atom. The molecular weight excluding hydrogens is 288 g/mol. The van der Waals surface area contributed by atoms with Gasteiger partial charge in [-0.3, -0.25) is 0 Å². The molecule has 0 aliphatic rings. The van der Waals surface area contributed by atoms with E-state index in [0.29, 0.717) is 0 Å². The molecule has 0 fully saturated rings. The van der Waals surface area contributed by atoms with Gasteiger partial charge in [-0.1, -0.05) is 52.3 Å². The van der Waals surface area contributed by atoms with E-state index in [1.54, 1.807) is 6.26 Å². The first kappa shape index (κ1) is 10.2. The molecule has 0 aliphatic carbocycles. The van der Waals surface area contributed by atoms with Crippen LogP contribution in [0.3, 0.4) is 0 Å². The van der Waals surface area contributed by atoms with Crippen molar-refractivity contribution in [1.82, 2.24) is 0 Å². The normalized spacial score (nSPS) is 11.6. The van der Waals surface area contributed by atoms with Crippen LogP contribution < -0.4 is 0 Å². The molecule has 86 valence electrons. The summed E-state index contributed by atoms with van der Waals surface area (Å²) in [5.74, 6) is 0. The lowest BCUT2D eigenvalue weighted by Crippen LogP contribution is -1.80. The zero-order valence-electron chi connectivity index (χ0n) is 9.48. The van der Waals surface area contributed by atoms with E-state index in [1.165, 1.54) is 16.2 Å². The van der Waals surface area contributed by atoms with Crippen LogP contribution in [0.25, 0.3) is 32.5 Å². The molecule has 0 spiro atoms. The minimum atomic E-state index is 0.957. The van der Waals surface area contributed by atoms with E-state index >= 15 is 0 Å². The van der Waals surface area contributed by atoms with E-state index in [1.807, 2.05) is 6.07 Å². The van der Waals surface area contributed by atoms with Crippen molar-refractivity contribution in [2.75, 3.05) is 0 Å². The molecule has 1 heterocycles. The second-order valence-electron chi connectivity index (χ2n) is 4.40. The number of hydrogen-bond donors (Lipinski definition) is 0. The molecule has 0 unspecified atom stereocenters. The van der Waals surface area contributed by atoms with E-state index < -0.39 is 0 Å². The molecule has 0 atom stereocenters. The summed E-state index contributed by atoms with van der Waals surface area (Å²) < 4.78 is 6.72. The second-order valence-corrected chi connectivity index (χ2v) is 5.26. The van der Waals surface area contributed by atoms with E-state index in [4.69, 9.17) is 4.42 Å². The van der Waals surface area contributed by atoms with Crippen molar-refractivity contribution in [3.05, 3.63) is 59.3 Å². The highest BCUT2D eigenvalue weighted by atomic mass is 79.9. The Morgan fingerprint density at radius 1 is 0.778 bits per heavy atom. The third kappa shape index (κ3) is 1.27. The minimum Gasteiger partial charge on any atom is -0.464 e. The molecule has 3 aromatic carbocycles. The van der Waals surface area contributed by atoms with Gasteiger partial charge in [-0.25, -0.2) is 0 Å². The molecule has 0 saturated carbocycles. The second kappa shape index (κ2) is 3.59. The average molecular weight is 297 g/mol. The van der Waals surface area contributed by atoms with E-state index in [2.05, 4.69) is 58.4 Å². The van der Waals surface area contributed by atoms with Gasteiger partial charge in [0.05, 0.1) is 6.26 Å². The zero-order chi connectivity index (χ0) is 12.1. The molecule has 0 N–H and O–H groups in total. The van der Waals surface area contributed by atoms with Gasteiger partial charge >= 0.3 is 0 Å². The van der Waals surface area contributed by atoms with Gasteiger partial charge in [-0.2, -0.15) is 0 Å². The van der Waals surface area contributed by atoms with Crippen LogP contribution in [0, 0.1) is 0 Å². The van der Waals surface area contributed by atoms with Gasteiger partial charge in [0.1, 0.15) is 5.58 Å². The van der Waals surface area contributed by atoms with Crippen LogP contribution in [0.5, 0.6) is 0 Å². The first-order chi connectivity index (χ1) is 8.84. The van der Waals surface area contributed by atoms with E-state index in [0.717, 1.165) is 20.8 Å². The highest BCUT2D eigenvalue weighted by Gasteiger charge is 2.08. The number of benzene rings is 3. The lowest BCUT2D eigenvalue weighted by atomic mass is 10.0. The maximum absolute atomic E-state index is 5.61. The SMILES string of the molecule is Brc1cc2c(ccc3ccoc32)c2ccccc12. The van der Waals surface area contributed by atoms with Crippen LogP contribution in [0.1, 0.15) is 0 Å². The summed E-state index contributed by atoms with van der Waals surface area (Å²) in [5, 5.41) is 6.01. The molecule has 2 heteroatoms. The fraction of sp³-hybridized carbons (Fsp3) is 0. The molecule has 0 bridgehead atoms. The standard InChI is InChI=1S/C16H9BrO/c17-15-9-14-12(11-3-1-2-4-13(11)15)6-5-10-7-8-18-16(10)14/h1-9H. The summed E-state index contributed by atoms with van der Waals surface area (Å²) in [6, 6.07) is 16.8. The number of halogens is 1. The maximum atomic E-state index is 5.61. The van der Waals surface area contributed by atoms with Crippen LogP contribution in [-0.2, 0) is 0 Å². The van der Waals surface area contributed by atoms with Gasteiger partial charge in [0, 0.05) is 15.2 Å². The first-order valence-corrected chi connectivity index (χ1v) is 6.61. The number of hydrogen-bond acceptors (Lipinski definition) is 1. The molecule has 0 aliphatic heterocycles. The van der Waals surface area contributed by atoms with Gasteiger partial charge in [0.2, 0.25) is 0 Å². The Bertz CT molecular complexity index is 889. The fourth-order valence-electron chi connectivity index (χ4n) is 2.56.